The number of nitrogen functional groups attached to an aromatic ring is 1. The second kappa shape index (κ2) is 10.0. The maximum atomic E-state index is 11.6. The summed E-state index contributed by atoms with van der Waals surface area (Å²) < 4.78 is 10.8. The molecule has 0 aliphatic heterocycles. The molecule has 0 saturated carbocycles. The minimum atomic E-state index is -0.0401. The van der Waals surface area contributed by atoms with E-state index in [1.54, 1.807) is 24.3 Å². The number of nitrogens with two attached hydrogens (primary N) is 1. The summed E-state index contributed by atoms with van der Waals surface area (Å²) >= 11 is 0. The smallest absolute Gasteiger partial charge is 0.223 e. The number of hydrogen-bond donors (Lipinski definition) is 2. The number of likely N-dealkylation sites (N-methyl/N-ethyl adjacent to an activating group) is 1. The second-order valence-corrected chi connectivity index (χ2v) is 4.93. The lowest BCUT2D eigenvalue weighted by atomic mass is 10.3. The number of hydrogen-bond acceptors (Lipinski definition) is 5. The molecule has 1 rings (SSSR count). The summed E-state index contributed by atoms with van der Waals surface area (Å²) in [5.41, 5.74) is 6.26. The summed E-state index contributed by atoms with van der Waals surface area (Å²) in [5, 5.41) is 2.79. The molecule has 0 spiro atoms. The molecule has 21 heavy (non-hydrogen) atoms. The van der Waals surface area contributed by atoms with Gasteiger partial charge < -0.3 is 25.4 Å². The Hall–Kier alpha value is -1.79. The highest BCUT2D eigenvalue weighted by Gasteiger charge is 2.01. The monoisotopic (exact) mass is 295 g/mol. The zero-order valence-corrected chi connectivity index (χ0v) is 12.8. The maximum Gasteiger partial charge on any atom is 0.223 e. The average molecular weight is 295 g/mol. The van der Waals surface area contributed by atoms with Gasteiger partial charge in [-0.2, -0.15) is 0 Å². The molecule has 6 heteroatoms. The second-order valence-electron chi connectivity index (χ2n) is 4.93. The van der Waals surface area contributed by atoms with Crippen LogP contribution in [0.3, 0.4) is 0 Å². The van der Waals surface area contributed by atoms with Crippen LogP contribution < -0.4 is 15.8 Å². The van der Waals surface area contributed by atoms with Crippen LogP contribution in [0, 0.1) is 0 Å². The minimum Gasteiger partial charge on any atom is -0.493 e. The van der Waals surface area contributed by atoms with Crippen LogP contribution in [0.1, 0.15) is 6.42 Å². The molecule has 118 valence electrons. The van der Waals surface area contributed by atoms with Gasteiger partial charge in [-0.15, -0.1) is 0 Å². The molecule has 0 saturated heterocycles. The first-order valence-electron chi connectivity index (χ1n) is 7.05. The van der Waals surface area contributed by atoms with Crippen LogP contribution in [0.2, 0.25) is 0 Å². The highest BCUT2D eigenvalue weighted by molar-refractivity contribution is 5.75. The van der Waals surface area contributed by atoms with E-state index >= 15 is 0 Å². The number of rotatable bonds is 10. The zero-order valence-electron chi connectivity index (χ0n) is 12.8. The lowest BCUT2D eigenvalue weighted by Gasteiger charge is -2.10. The van der Waals surface area contributed by atoms with E-state index in [1.807, 2.05) is 19.0 Å². The van der Waals surface area contributed by atoms with Gasteiger partial charge in [-0.25, -0.2) is 0 Å². The molecule has 1 aromatic carbocycles. The van der Waals surface area contributed by atoms with Crippen LogP contribution in [0.5, 0.6) is 5.75 Å². The molecular weight excluding hydrogens is 270 g/mol. The third kappa shape index (κ3) is 8.88. The van der Waals surface area contributed by atoms with E-state index in [-0.39, 0.29) is 5.91 Å². The van der Waals surface area contributed by atoms with E-state index in [4.69, 9.17) is 15.2 Å². The summed E-state index contributed by atoms with van der Waals surface area (Å²) in [5.74, 6) is 0.672. The van der Waals surface area contributed by atoms with Crippen molar-refractivity contribution in [3.05, 3.63) is 24.3 Å². The van der Waals surface area contributed by atoms with Crippen LogP contribution in [-0.2, 0) is 9.53 Å². The molecule has 0 unspecified atom stereocenters. The Morgan fingerprint density at radius 3 is 2.57 bits per heavy atom. The van der Waals surface area contributed by atoms with Crippen LogP contribution in [0.15, 0.2) is 24.3 Å². The van der Waals surface area contributed by atoms with Crippen LogP contribution in [-0.4, -0.2) is 57.8 Å². The zero-order chi connectivity index (χ0) is 15.5. The number of ether oxygens (including phenoxy) is 2. The predicted octanol–water partition coefficient (Wildman–Crippen LogP) is 0.732. The first-order valence-corrected chi connectivity index (χ1v) is 7.05. The first kappa shape index (κ1) is 17.3. The molecule has 0 aliphatic carbocycles. The molecule has 0 radical (unpaired) electrons. The topological polar surface area (TPSA) is 76.8 Å². The number of carbonyl (C=O) groups excluding carboxylic acids is 1. The Morgan fingerprint density at radius 1 is 1.19 bits per heavy atom. The van der Waals surface area contributed by atoms with Gasteiger partial charge in [0, 0.05) is 18.8 Å². The number of carbonyl (C=O) groups is 1. The number of anilines is 1. The molecule has 0 fully saturated rings. The van der Waals surface area contributed by atoms with Crippen molar-refractivity contribution < 1.29 is 14.3 Å². The molecule has 0 bridgehead atoms. The Balaban J connectivity index is 2.00. The molecule has 1 amide bonds. The number of benzene rings is 1. The maximum absolute atomic E-state index is 11.6. The molecule has 0 aromatic heterocycles. The van der Waals surface area contributed by atoms with E-state index in [2.05, 4.69) is 5.32 Å². The summed E-state index contributed by atoms with van der Waals surface area (Å²) in [4.78, 5) is 13.6. The SMILES string of the molecule is CN(C)CCOCCNC(=O)CCOc1ccc(N)cc1. The number of amides is 1. The molecule has 3 N–H and O–H groups in total. The van der Waals surface area contributed by atoms with E-state index in [0.29, 0.717) is 44.2 Å². The van der Waals surface area contributed by atoms with Gasteiger partial charge in [0.05, 0.1) is 26.2 Å². The highest BCUT2D eigenvalue weighted by atomic mass is 16.5. The molecule has 0 aliphatic rings. The van der Waals surface area contributed by atoms with E-state index < -0.39 is 0 Å². The van der Waals surface area contributed by atoms with E-state index in [9.17, 15) is 4.79 Å². The quantitative estimate of drug-likeness (QED) is 0.491. The van der Waals surface area contributed by atoms with Crippen molar-refractivity contribution in [2.24, 2.45) is 0 Å². The van der Waals surface area contributed by atoms with Crippen LogP contribution in [0.25, 0.3) is 0 Å². The van der Waals surface area contributed by atoms with Crippen molar-refractivity contribution in [3.8, 4) is 5.75 Å². The van der Waals surface area contributed by atoms with Gasteiger partial charge in [-0.3, -0.25) is 4.79 Å². The Morgan fingerprint density at radius 2 is 1.90 bits per heavy atom. The van der Waals surface area contributed by atoms with Crippen molar-refractivity contribution in [1.82, 2.24) is 10.2 Å². The van der Waals surface area contributed by atoms with Crippen LogP contribution >= 0.6 is 0 Å². The summed E-state index contributed by atoms with van der Waals surface area (Å²) in [7, 11) is 3.98. The van der Waals surface area contributed by atoms with Gasteiger partial charge in [0.25, 0.3) is 0 Å². The van der Waals surface area contributed by atoms with Gasteiger partial charge in [-0.1, -0.05) is 0 Å². The largest absolute Gasteiger partial charge is 0.493 e. The molecule has 0 heterocycles. The first-order chi connectivity index (χ1) is 10.1. The Bertz CT molecular complexity index is 407. The predicted molar refractivity (Wildman–Crippen MR) is 83.3 cm³/mol. The molecule has 6 nitrogen and oxygen atoms in total. The summed E-state index contributed by atoms with van der Waals surface area (Å²) in [6, 6.07) is 7.10. The highest BCUT2D eigenvalue weighted by Crippen LogP contribution is 2.12. The Labute approximate surface area is 126 Å². The van der Waals surface area contributed by atoms with Crippen molar-refractivity contribution in [2.75, 3.05) is 52.7 Å². The average Bonchev–Trinajstić information content (AvgIpc) is 2.44. The van der Waals surface area contributed by atoms with Crippen LogP contribution in [0.4, 0.5) is 5.69 Å². The van der Waals surface area contributed by atoms with E-state index in [1.165, 1.54) is 0 Å². The van der Waals surface area contributed by atoms with E-state index in [0.717, 1.165) is 6.54 Å². The number of nitrogens with zero attached hydrogens (tertiary/aromatic N) is 1. The third-order valence-electron chi connectivity index (χ3n) is 2.73. The standard InChI is InChI=1S/C15H25N3O3/c1-18(2)9-12-20-11-8-17-15(19)7-10-21-14-5-3-13(16)4-6-14/h3-6H,7-12,16H2,1-2H3,(H,17,19). The lowest BCUT2D eigenvalue weighted by Crippen LogP contribution is -2.29. The van der Waals surface area contributed by atoms with Gasteiger partial charge in [0.15, 0.2) is 0 Å². The van der Waals surface area contributed by atoms with Gasteiger partial charge in [0.1, 0.15) is 5.75 Å². The Kier molecular flexibility index (Phi) is 8.23. The molecular formula is C15H25N3O3. The van der Waals surface area contributed by atoms with Gasteiger partial charge >= 0.3 is 0 Å². The van der Waals surface area contributed by atoms with Crippen molar-refractivity contribution in [3.63, 3.8) is 0 Å². The normalized spacial score (nSPS) is 10.6. The molecule has 0 atom stereocenters. The fourth-order valence-electron chi connectivity index (χ4n) is 1.53. The van der Waals surface area contributed by atoms with Crippen molar-refractivity contribution in [1.29, 1.82) is 0 Å². The van der Waals surface area contributed by atoms with Gasteiger partial charge in [0.2, 0.25) is 5.91 Å². The van der Waals surface area contributed by atoms with Crippen molar-refractivity contribution in [2.45, 2.75) is 6.42 Å². The fraction of sp³-hybridized carbons (Fsp3) is 0.533. The minimum absolute atomic E-state index is 0.0401. The lowest BCUT2D eigenvalue weighted by molar-refractivity contribution is -0.121. The van der Waals surface area contributed by atoms with Crippen molar-refractivity contribution >= 4 is 11.6 Å². The summed E-state index contributed by atoms with van der Waals surface area (Å²) in [6.45, 7) is 2.94. The fourth-order valence-corrected chi connectivity index (χ4v) is 1.53. The third-order valence-corrected chi connectivity index (χ3v) is 2.73. The number of nitrogens with one attached hydrogen (secondary N) is 1. The molecule has 1 aromatic rings. The van der Waals surface area contributed by atoms with Gasteiger partial charge in [-0.05, 0) is 38.4 Å². The summed E-state index contributed by atoms with van der Waals surface area (Å²) in [6.07, 6.45) is 0.322.